The second kappa shape index (κ2) is 7.46. The summed E-state index contributed by atoms with van der Waals surface area (Å²) >= 11 is 5.96. The highest BCUT2D eigenvalue weighted by Gasteiger charge is 2.20. The van der Waals surface area contributed by atoms with Gasteiger partial charge in [0.1, 0.15) is 12.2 Å². The van der Waals surface area contributed by atoms with E-state index in [-0.39, 0.29) is 5.41 Å². The van der Waals surface area contributed by atoms with Crippen LogP contribution in [0, 0.1) is 0 Å². The standard InChI is InChI=1S/C16H23ClN6/c1-16(2,12-5-7-13(17)8-6-12)10-20-15(18-3)19-9-14-21-11-22-23(14)4/h5-8,11H,9-10H2,1-4H3,(H2,18,19,20). The zero-order chi connectivity index (χ0) is 16.9. The van der Waals surface area contributed by atoms with Gasteiger partial charge in [0.2, 0.25) is 0 Å². The molecule has 0 radical (unpaired) electrons. The predicted molar refractivity (Wildman–Crippen MR) is 93.7 cm³/mol. The number of aryl methyl sites for hydroxylation is 1. The fourth-order valence-corrected chi connectivity index (χ4v) is 2.30. The molecule has 0 bridgehead atoms. The average molecular weight is 335 g/mol. The fraction of sp³-hybridized carbons (Fsp3) is 0.438. The van der Waals surface area contributed by atoms with Crippen LogP contribution in [0.1, 0.15) is 25.2 Å². The van der Waals surface area contributed by atoms with Gasteiger partial charge in [0.05, 0.1) is 6.54 Å². The molecule has 7 heteroatoms. The molecule has 0 saturated heterocycles. The summed E-state index contributed by atoms with van der Waals surface area (Å²) in [5.74, 6) is 1.58. The first-order chi connectivity index (χ1) is 10.9. The van der Waals surface area contributed by atoms with Crippen LogP contribution in [-0.4, -0.2) is 34.3 Å². The Hall–Kier alpha value is -2.08. The number of guanidine groups is 1. The molecule has 2 aromatic rings. The van der Waals surface area contributed by atoms with Gasteiger partial charge in [-0.05, 0) is 17.7 Å². The van der Waals surface area contributed by atoms with Crippen molar-refractivity contribution in [2.45, 2.75) is 25.8 Å². The Bertz CT molecular complexity index is 659. The maximum absolute atomic E-state index is 5.96. The van der Waals surface area contributed by atoms with Crippen LogP contribution in [0.2, 0.25) is 5.02 Å². The molecule has 0 fully saturated rings. The summed E-state index contributed by atoms with van der Waals surface area (Å²) in [7, 11) is 3.62. The van der Waals surface area contributed by atoms with Gasteiger partial charge in [-0.25, -0.2) is 4.98 Å². The van der Waals surface area contributed by atoms with Crippen molar-refractivity contribution in [3.05, 3.63) is 47.0 Å². The van der Waals surface area contributed by atoms with Crippen molar-refractivity contribution in [3.8, 4) is 0 Å². The van der Waals surface area contributed by atoms with Gasteiger partial charge in [-0.1, -0.05) is 37.6 Å². The lowest BCUT2D eigenvalue weighted by Crippen LogP contribution is -2.43. The van der Waals surface area contributed by atoms with Crippen LogP contribution < -0.4 is 10.6 Å². The Labute approximate surface area is 142 Å². The van der Waals surface area contributed by atoms with E-state index in [2.05, 4.69) is 51.7 Å². The molecule has 1 aromatic heterocycles. The highest BCUT2D eigenvalue weighted by molar-refractivity contribution is 6.30. The highest BCUT2D eigenvalue weighted by atomic mass is 35.5. The normalized spacial score (nSPS) is 12.3. The van der Waals surface area contributed by atoms with Crippen LogP contribution in [0.4, 0.5) is 0 Å². The second-order valence-corrected chi connectivity index (χ2v) is 6.41. The van der Waals surface area contributed by atoms with E-state index in [0.717, 1.165) is 23.4 Å². The highest BCUT2D eigenvalue weighted by Crippen LogP contribution is 2.23. The molecule has 0 amide bonds. The molecule has 0 saturated carbocycles. The van der Waals surface area contributed by atoms with Crippen LogP contribution in [-0.2, 0) is 19.0 Å². The third-order valence-electron chi connectivity index (χ3n) is 3.77. The summed E-state index contributed by atoms with van der Waals surface area (Å²) in [6, 6.07) is 7.94. The van der Waals surface area contributed by atoms with Gasteiger partial charge in [0.25, 0.3) is 0 Å². The third kappa shape index (κ3) is 4.69. The SMILES string of the molecule is CN=C(NCc1ncnn1C)NCC(C)(C)c1ccc(Cl)cc1. The number of hydrogen-bond acceptors (Lipinski definition) is 3. The Balaban J connectivity index is 1.91. The van der Waals surface area contributed by atoms with Crippen LogP contribution in [0.5, 0.6) is 0 Å². The monoisotopic (exact) mass is 334 g/mol. The molecule has 1 heterocycles. The van der Waals surface area contributed by atoms with Crippen LogP contribution in [0.25, 0.3) is 0 Å². The van der Waals surface area contributed by atoms with E-state index in [4.69, 9.17) is 11.6 Å². The van der Waals surface area contributed by atoms with E-state index >= 15 is 0 Å². The number of aliphatic imine (C=N–C) groups is 1. The molecule has 2 rings (SSSR count). The molecule has 0 aliphatic heterocycles. The first kappa shape index (κ1) is 17.3. The molecular weight excluding hydrogens is 312 g/mol. The van der Waals surface area contributed by atoms with Crippen LogP contribution >= 0.6 is 11.6 Å². The van der Waals surface area contributed by atoms with Crippen molar-refractivity contribution in [2.75, 3.05) is 13.6 Å². The summed E-state index contributed by atoms with van der Waals surface area (Å²) in [5, 5.41) is 11.4. The molecule has 2 N–H and O–H groups in total. The minimum atomic E-state index is -0.0486. The number of hydrogen-bond donors (Lipinski definition) is 2. The van der Waals surface area contributed by atoms with Gasteiger partial charge in [-0.2, -0.15) is 5.10 Å². The van der Waals surface area contributed by atoms with E-state index < -0.39 is 0 Å². The summed E-state index contributed by atoms with van der Waals surface area (Å²) in [6.07, 6.45) is 1.54. The molecule has 23 heavy (non-hydrogen) atoms. The molecule has 1 aromatic carbocycles. The van der Waals surface area contributed by atoms with Crippen molar-refractivity contribution < 1.29 is 0 Å². The summed E-state index contributed by atoms with van der Waals surface area (Å²) in [5.41, 5.74) is 1.17. The van der Waals surface area contributed by atoms with Gasteiger partial charge < -0.3 is 10.6 Å². The van der Waals surface area contributed by atoms with Gasteiger partial charge >= 0.3 is 0 Å². The molecular formula is C16H23ClN6. The zero-order valence-electron chi connectivity index (χ0n) is 14.0. The first-order valence-electron chi connectivity index (χ1n) is 7.46. The number of rotatable bonds is 5. The molecule has 0 unspecified atom stereocenters. The lowest BCUT2D eigenvalue weighted by Gasteiger charge is -2.26. The number of halogens is 1. The Kier molecular flexibility index (Phi) is 5.60. The van der Waals surface area contributed by atoms with Crippen molar-refractivity contribution in [1.29, 1.82) is 0 Å². The summed E-state index contributed by atoms with van der Waals surface area (Å²) in [4.78, 5) is 8.42. The minimum absolute atomic E-state index is 0.0486. The largest absolute Gasteiger partial charge is 0.356 e. The number of benzene rings is 1. The van der Waals surface area contributed by atoms with Crippen LogP contribution in [0.15, 0.2) is 35.6 Å². The lowest BCUT2D eigenvalue weighted by molar-refractivity contribution is 0.508. The van der Waals surface area contributed by atoms with Gasteiger partial charge in [0, 0.05) is 31.1 Å². The molecule has 124 valence electrons. The van der Waals surface area contributed by atoms with Gasteiger partial charge in [-0.3, -0.25) is 9.67 Å². The van der Waals surface area contributed by atoms with Gasteiger partial charge in [-0.15, -0.1) is 0 Å². The molecule has 0 aliphatic carbocycles. The smallest absolute Gasteiger partial charge is 0.191 e. The zero-order valence-corrected chi connectivity index (χ0v) is 14.7. The average Bonchev–Trinajstić information content (AvgIpc) is 2.93. The topological polar surface area (TPSA) is 67.1 Å². The summed E-state index contributed by atoms with van der Waals surface area (Å²) in [6.45, 7) is 5.67. The van der Waals surface area contributed by atoms with E-state index in [1.807, 2.05) is 19.2 Å². The fourth-order valence-electron chi connectivity index (χ4n) is 2.17. The van der Waals surface area contributed by atoms with Crippen molar-refractivity contribution in [1.82, 2.24) is 25.4 Å². The minimum Gasteiger partial charge on any atom is -0.356 e. The maximum atomic E-state index is 5.96. The Morgan fingerprint density at radius 2 is 1.96 bits per heavy atom. The maximum Gasteiger partial charge on any atom is 0.191 e. The van der Waals surface area contributed by atoms with Gasteiger partial charge in [0.15, 0.2) is 5.96 Å². The second-order valence-electron chi connectivity index (χ2n) is 5.97. The van der Waals surface area contributed by atoms with E-state index in [0.29, 0.717) is 6.54 Å². The molecule has 0 atom stereocenters. The first-order valence-corrected chi connectivity index (χ1v) is 7.83. The summed E-state index contributed by atoms with van der Waals surface area (Å²) < 4.78 is 1.73. The number of nitrogens with one attached hydrogen (secondary N) is 2. The lowest BCUT2D eigenvalue weighted by atomic mass is 9.85. The quantitative estimate of drug-likeness (QED) is 0.649. The number of aromatic nitrogens is 3. The van der Waals surface area contributed by atoms with Crippen molar-refractivity contribution >= 4 is 17.6 Å². The number of nitrogens with zero attached hydrogens (tertiary/aromatic N) is 4. The predicted octanol–water partition coefficient (Wildman–Crippen LogP) is 2.11. The molecule has 0 spiro atoms. The Morgan fingerprint density at radius 1 is 1.26 bits per heavy atom. The van der Waals surface area contributed by atoms with E-state index in [1.54, 1.807) is 11.7 Å². The molecule has 0 aliphatic rings. The molecule has 6 nitrogen and oxygen atoms in total. The van der Waals surface area contributed by atoms with Crippen molar-refractivity contribution in [2.24, 2.45) is 12.0 Å². The van der Waals surface area contributed by atoms with Crippen molar-refractivity contribution in [3.63, 3.8) is 0 Å². The Morgan fingerprint density at radius 3 is 2.52 bits per heavy atom. The van der Waals surface area contributed by atoms with E-state index in [9.17, 15) is 0 Å². The van der Waals surface area contributed by atoms with Crippen LogP contribution in [0.3, 0.4) is 0 Å². The third-order valence-corrected chi connectivity index (χ3v) is 4.02. The van der Waals surface area contributed by atoms with E-state index in [1.165, 1.54) is 11.9 Å².